The molecule has 98 valence electrons. The first kappa shape index (κ1) is 14.7. The Morgan fingerprint density at radius 3 is 2.59 bits per heavy atom. The molecule has 3 heteroatoms. The molecule has 1 aromatic heterocycles. The van der Waals surface area contributed by atoms with Crippen molar-refractivity contribution in [2.75, 3.05) is 6.61 Å². The second-order valence-corrected chi connectivity index (χ2v) is 6.63. The van der Waals surface area contributed by atoms with Gasteiger partial charge in [-0.15, -0.1) is 11.3 Å². The maximum Gasteiger partial charge on any atom is 0.0809 e. The molecule has 0 amide bonds. The van der Waals surface area contributed by atoms with Crippen molar-refractivity contribution < 1.29 is 4.74 Å². The maximum absolute atomic E-state index is 5.61. The lowest BCUT2D eigenvalue weighted by Gasteiger charge is -2.19. The minimum atomic E-state index is 0.182. The molecule has 0 aromatic carbocycles. The summed E-state index contributed by atoms with van der Waals surface area (Å²) in [6, 6.07) is 4.37. The molecule has 0 spiro atoms. The van der Waals surface area contributed by atoms with Gasteiger partial charge in [0.15, 0.2) is 0 Å². The first-order valence-electron chi connectivity index (χ1n) is 6.41. The summed E-state index contributed by atoms with van der Waals surface area (Å²) < 4.78 is 5.61. The third-order valence-corrected chi connectivity index (χ3v) is 3.46. The van der Waals surface area contributed by atoms with E-state index in [1.165, 1.54) is 16.2 Å². The van der Waals surface area contributed by atoms with E-state index in [0.717, 1.165) is 26.2 Å². The van der Waals surface area contributed by atoms with Crippen molar-refractivity contribution in [3.05, 3.63) is 21.9 Å². The third kappa shape index (κ3) is 6.81. The molecule has 0 aliphatic heterocycles. The standard InChI is InChI=1S/C14H25NOS/c1-5-6-9-16-11-13-8-7-12(17-13)10-15-14(2,3)4/h7-8,15H,5-6,9-11H2,1-4H3. The number of rotatable bonds is 7. The Morgan fingerprint density at radius 1 is 1.24 bits per heavy atom. The Bertz CT molecular complexity index is 314. The van der Waals surface area contributed by atoms with Gasteiger partial charge in [-0.05, 0) is 39.3 Å². The number of hydrogen-bond donors (Lipinski definition) is 1. The normalized spacial score (nSPS) is 12.0. The molecule has 0 aliphatic rings. The second-order valence-electron chi connectivity index (χ2n) is 5.38. The van der Waals surface area contributed by atoms with Gasteiger partial charge in [0, 0.05) is 28.4 Å². The van der Waals surface area contributed by atoms with E-state index >= 15 is 0 Å². The Labute approximate surface area is 109 Å². The van der Waals surface area contributed by atoms with Crippen LogP contribution in [0.5, 0.6) is 0 Å². The van der Waals surface area contributed by atoms with Gasteiger partial charge in [0.1, 0.15) is 0 Å². The largest absolute Gasteiger partial charge is 0.376 e. The Kier molecular flexibility index (Phi) is 6.17. The number of unbranched alkanes of at least 4 members (excludes halogenated alkanes) is 1. The fraction of sp³-hybridized carbons (Fsp3) is 0.714. The van der Waals surface area contributed by atoms with Crippen LogP contribution in [0.15, 0.2) is 12.1 Å². The molecule has 17 heavy (non-hydrogen) atoms. The molecular formula is C14H25NOS. The molecule has 0 aliphatic carbocycles. The molecule has 0 saturated heterocycles. The van der Waals surface area contributed by atoms with E-state index < -0.39 is 0 Å². The Hall–Kier alpha value is -0.380. The van der Waals surface area contributed by atoms with Gasteiger partial charge in [-0.2, -0.15) is 0 Å². The number of ether oxygens (including phenoxy) is 1. The zero-order valence-corrected chi connectivity index (χ0v) is 12.3. The van der Waals surface area contributed by atoms with Gasteiger partial charge in [0.05, 0.1) is 6.61 Å². The molecule has 0 saturated carbocycles. The second kappa shape index (κ2) is 7.14. The number of hydrogen-bond acceptors (Lipinski definition) is 3. The van der Waals surface area contributed by atoms with Crippen LogP contribution in [-0.4, -0.2) is 12.1 Å². The maximum atomic E-state index is 5.61. The topological polar surface area (TPSA) is 21.3 Å². The predicted molar refractivity (Wildman–Crippen MR) is 75.5 cm³/mol. The molecule has 1 heterocycles. The lowest BCUT2D eigenvalue weighted by Crippen LogP contribution is -2.34. The van der Waals surface area contributed by atoms with Crippen LogP contribution in [0.2, 0.25) is 0 Å². The summed E-state index contributed by atoms with van der Waals surface area (Å²) in [7, 11) is 0. The first-order valence-corrected chi connectivity index (χ1v) is 7.23. The van der Waals surface area contributed by atoms with E-state index in [2.05, 4.69) is 45.1 Å². The molecule has 0 bridgehead atoms. The fourth-order valence-electron chi connectivity index (χ4n) is 1.37. The Balaban J connectivity index is 2.28. The Morgan fingerprint density at radius 2 is 1.94 bits per heavy atom. The van der Waals surface area contributed by atoms with Crippen LogP contribution in [0.4, 0.5) is 0 Å². The molecule has 2 nitrogen and oxygen atoms in total. The SMILES string of the molecule is CCCCOCc1ccc(CNC(C)(C)C)s1. The van der Waals surface area contributed by atoms with Crippen molar-refractivity contribution in [2.45, 2.75) is 59.2 Å². The van der Waals surface area contributed by atoms with E-state index in [4.69, 9.17) is 4.74 Å². The summed E-state index contributed by atoms with van der Waals surface area (Å²) in [5.41, 5.74) is 0.182. The average molecular weight is 255 g/mol. The highest BCUT2D eigenvalue weighted by Crippen LogP contribution is 2.18. The van der Waals surface area contributed by atoms with Gasteiger partial charge in [-0.1, -0.05) is 13.3 Å². The fourth-order valence-corrected chi connectivity index (χ4v) is 2.26. The van der Waals surface area contributed by atoms with Crippen LogP contribution in [0, 0.1) is 0 Å². The van der Waals surface area contributed by atoms with Gasteiger partial charge >= 0.3 is 0 Å². The van der Waals surface area contributed by atoms with E-state index in [1.54, 1.807) is 0 Å². The molecule has 1 rings (SSSR count). The van der Waals surface area contributed by atoms with Gasteiger partial charge in [0.25, 0.3) is 0 Å². The van der Waals surface area contributed by atoms with E-state index in [1.807, 2.05) is 11.3 Å². The van der Waals surface area contributed by atoms with E-state index in [-0.39, 0.29) is 5.54 Å². The van der Waals surface area contributed by atoms with Crippen molar-refractivity contribution in [1.82, 2.24) is 5.32 Å². The lowest BCUT2D eigenvalue weighted by atomic mass is 10.1. The minimum Gasteiger partial charge on any atom is -0.376 e. The first-order chi connectivity index (χ1) is 8.01. The quantitative estimate of drug-likeness (QED) is 0.745. The van der Waals surface area contributed by atoms with E-state index in [0.29, 0.717) is 0 Å². The summed E-state index contributed by atoms with van der Waals surface area (Å²) in [5, 5.41) is 3.50. The summed E-state index contributed by atoms with van der Waals surface area (Å²) in [6.07, 6.45) is 2.36. The van der Waals surface area contributed by atoms with Crippen LogP contribution in [-0.2, 0) is 17.9 Å². The molecule has 0 radical (unpaired) electrons. The van der Waals surface area contributed by atoms with Crippen molar-refractivity contribution >= 4 is 11.3 Å². The summed E-state index contributed by atoms with van der Waals surface area (Å²) in [6.45, 7) is 11.3. The molecule has 0 fully saturated rings. The highest BCUT2D eigenvalue weighted by atomic mass is 32.1. The van der Waals surface area contributed by atoms with Crippen LogP contribution in [0.1, 0.15) is 50.3 Å². The van der Waals surface area contributed by atoms with Gasteiger partial charge < -0.3 is 10.1 Å². The molecule has 0 atom stereocenters. The van der Waals surface area contributed by atoms with Gasteiger partial charge in [-0.25, -0.2) is 0 Å². The highest BCUT2D eigenvalue weighted by Gasteiger charge is 2.09. The van der Waals surface area contributed by atoms with E-state index in [9.17, 15) is 0 Å². The zero-order valence-electron chi connectivity index (χ0n) is 11.5. The third-order valence-electron chi connectivity index (χ3n) is 2.40. The smallest absolute Gasteiger partial charge is 0.0809 e. The zero-order chi connectivity index (χ0) is 12.7. The average Bonchev–Trinajstić information content (AvgIpc) is 2.69. The van der Waals surface area contributed by atoms with Crippen LogP contribution in [0.3, 0.4) is 0 Å². The van der Waals surface area contributed by atoms with Crippen LogP contribution in [0.25, 0.3) is 0 Å². The molecular weight excluding hydrogens is 230 g/mol. The monoisotopic (exact) mass is 255 g/mol. The van der Waals surface area contributed by atoms with Crippen molar-refractivity contribution in [3.63, 3.8) is 0 Å². The summed E-state index contributed by atoms with van der Waals surface area (Å²) >= 11 is 1.84. The van der Waals surface area contributed by atoms with Gasteiger partial charge in [0.2, 0.25) is 0 Å². The van der Waals surface area contributed by atoms with Crippen molar-refractivity contribution in [2.24, 2.45) is 0 Å². The van der Waals surface area contributed by atoms with Crippen molar-refractivity contribution in [1.29, 1.82) is 0 Å². The molecule has 1 N–H and O–H groups in total. The number of thiophene rings is 1. The predicted octanol–water partition coefficient (Wildman–Crippen LogP) is 3.95. The van der Waals surface area contributed by atoms with Crippen LogP contribution >= 0.6 is 11.3 Å². The minimum absolute atomic E-state index is 0.182. The summed E-state index contributed by atoms with van der Waals surface area (Å²) in [5.74, 6) is 0. The summed E-state index contributed by atoms with van der Waals surface area (Å²) in [4.78, 5) is 2.71. The lowest BCUT2D eigenvalue weighted by molar-refractivity contribution is 0.120. The van der Waals surface area contributed by atoms with Gasteiger partial charge in [-0.3, -0.25) is 0 Å². The number of nitrogens with one attached hydrogen (secondary N) is 1. The molecule has 0 unspecified atom stereocenters. The van der Waals surface area contributed by atoms with Crippen molar-refractivity contribution in [3.8, 4) is 0 Å². The highest BCUT2D eigenvalue weighted by molar-refractivity contribution is 7.11. The van der Waals surface area contributed by atoms with Crippen LogP contribution < -0.4 is 5.32 Å². The molecule has 1 aromatic rings.